The number of aldehydes is 1. The Hall–Kier alpha value is -9.34. The third-order valence-electron chi connectivity index (χ3n) is 11.4. The van der Waals surface area contributed by atoms with Crippen LogP contribution in [0.15, 0.2) is 170 Å². The van der Waals surface area contributed by atoms with Crippen LogP contribution in [-0.2, 0) is 0 Å². The summed E-state index contributed by atoms with van der Waals surface area (Å²) >= 11 is 0. The van der Waals surface area contributed by atoms with E-state index in [0.29, 0.717) is 62.1 Å². The van der Waals surface area contributed by atoms with E-state index in [1.54, 1.807) is 66.5 Å². The molecule has 0 aliphatic carbocycles. The largest absolute Gasteiger partial charge is 0.310 e. The fourth-order valence-electron chi connectivity index (χ4n) is 8.62. The smallest absolute Gasteiger partial charge is 0.260 e. The van der Waals surface area contributed by atoms with Gasteiger partial charge in [-0.05, 0) is 41.5 Å². The molecule has 0 spiro atoms. The van der Waals surface area contributed by atoms with E-state index in [2.05, 4.69) is 24.3 Å². The summed E-state index contributed by atoms with van der Waals surface area (Å²) in [5, 5.41) is 41.9. The number of hydrogen-bond donors (Lipinski definition) is 0. The molecule has 9 rings (SSSR count). The third-order valence-corrected chi connectivity index (χ3v) is 11.4. The molecule has 0 aliphatic heterocycles. The van der Waals surface area contributed by atoms with Gasteiger partial charge in [0.25, 0.3) is 5.91 Å². The monoisotopic (exact) mass is 838 g/mol. The fourth-order valence-corrected chi connectivity index (χ4v) is 8.62. The van der Waals surface area contributed by atoms with Crippen molar-refractivity contribution in [3.63, 3.8) is 0 Å². The molecule has 0 atom stereocenters. The molecule has 0 N–H and O–H groups in total. The van der Waals surface area contributed by atoms with E-state index >= 15 is 4.79 Å². The summed E-state index contributed by atoms with van der Waals surface area (Å²) in [6.45, 7) is 4.00. The predicted molar refractivity (Wildman–Crippen MR) is 257 cm³/mol. The van der Waals surface area contributed by atoms with Crippen molar-refractivity contribution in [1.82, 2.24) is 4.57 Å². The highest BCUT2D eigenvalue weighted by Gasteiger charge is 2.29. The van der Waals surface area contributed by atoms with Gasteiger partial charge in [0.15, 0.2) is 6.29 Å². The van der Waals surface area contributed by atoms with E-state index in [1.807, 2.05) is 134 Å². The summed E-state index contributed by atoms with van der Waals surface area (Å²) in [5.74, 6) is -0.453. The number of rotatable bonds is 8. The molecular weight excluding hydrogens is 801 g/mol. The van der Waals surface area contributed by atoms with Crippen molar-refractivity contribution >= 4 is 39.7 Å². The van der Waals surface area contributed by atoms with Crippen molar-refractivity contribution in [2.75, 3.05) is 11.9 Å². The summed E-state index contributed by atoms with van der Waals surface area (Å²) < 4.78 is 1.95. The van der Waals surface area contributed by atoms with Gasteiger partial charge in [0.2, 0.25) is 0 Å². The van der Waals surface area contributed by atoms with E-state index in [4.69, 9.17) is 0 Å². The molecule has 1 aromatic heterocycles. The first kappa shape index (κ1) is 42.4. The molecule has 1 heterocycles. The molecule has 0 saturated heterocycles. The number of para-hydroxylation sites is 3. The molecular formula is C57H38N6O2. The minimum atomic E-state index is -0.453. The molecule has 308 valence electrons. The average Bonchev–Trinajstić information content (AvgIpc) is 3.73. The molecule has 0 bridgehead atoms. The van der Waals surface area contributed by atoms with E-state index in [-0.39, 0.29) is 22.3 Å². The Balaban J connectivity index is 0.00000284. The second kappa shape index (κ2) is 18.3. The van der Waals surface area contributed by atoms with E-state index in [9.17, 15) is 25.8 Å². The van der Waals surface area contributed by atoms with E-state index in [0.717, 1.165) is 33.0 Å². The Morgan fingerprint density at radius 1 is 0.508 bits per heavy atom. The number of aromatic nitrogens is 1. The zero-order chi connectivity index (χ0) is 45.6. The van der Waals surface area contributed by atoms with E-state index < -0.39 is 5.91 Å². The Morgan fingerprint density at radius 2 is 0.954 bits per heavy atom. The van der Waals surface area contributed by atoms with Crippen LogP contribution in [0.25, 0.3) is 72.0 Å². The maximum absolute atomic E-state index is 15.7. The van der Waals surface area contributed by atoms with Crippen molar-refractivity contribution in [3.05, 3.63) is 203 Å². The molecule has 9 aromatic rings. The van der Waals surface area contributed by atoms with Gasteiger partial charge >= 0.3 is 0 Å². The average molecular weight is 839 g/mol. The van der Waals surface area contributed by atoms with Crippen LogP contribution in [0.2, 0.25) is 0 Å². The Kier molecular flexibility index (Phi) is 11.9. The van der Waals surface area contributed by atoms with Crippen LogP contribution in [0.5, 0.6) is 0 Å². The SMILES string of the molecule is CC.CN(C(=O)c1c(C=O)cccc1-n1c2c(-c3ccc(C#N)cc3C#N)cccc2c2cccc(-c3ccc(C#N)cc3C#N)c21)c1c(-c2ccccc2)cccc1-c1ccccc1. The van der Waals surface area contributed by atoms with Crippen LogP contribution in [0, 0.1) is 45.3 Å². The van der Waals surface area contributed by atoms with Gasteiger partial charge in [0.05, 0.1) is 74.5 Å². The van der Waals surface area contributed by atoms with Gasteiger partial charge in [-0.1, -0.05) is 153 Å². The topological polar surface area (TPSA) is 137 Å². The molecule has 0 saturated carbocycles. The van der Waals surface area contributed by atoms with E-state index in [1.165, 1.54) is 0 Å². The van der Waals surface area contributed by atoms with Gasteiger partial charge in [0, 0.05) is 56.8 Å². The van der Waals surface area contributed by atoms with Gasteiger partial charge < -0.3 is 9.47 Å². The number of nitrogens with zero attached hydrogens (tertiary/aromatic N) is 6. The summed E-state index contributed by atoms with van der Waals surface area (Å²) in [5.41, 5.74) is 9.60. The number of amides is 1. The molecule has 8 nitrogen and oxygen atoms in total. The first-order chi connectivity index (χ1) is 31.9. The molecule has 0 fully saturated rings. The van der Waals surface area contributed by atoms with Crippen molar-refractivity contribution in [2.45, 2.75) is 13.8 Å². The first-order valence-corrected chi connectivity index (χ1v) is 21.0. The summed E-state index contributed by atoms with van der Waals surface area (Å²) in [6.07, 6.45) is 0.685. The van der Waals surface area contributed by atoms with Crippen LogP contribution in [0.3, 0.4) is 0 Å². The molecule has 0 aliphatic rings. The lowest BCUT2D eigenvalue weighted by molar-refractivity contribution is 0.0986. The van der Waals surface area contributed by atoms with Crippen LogP contribution >= 0.6 is 0 Å². The molecule has 8 heteroatoms. The number of benzene rings is 8. The number of fused-ring (bicyclic) bond motifs is 3. The second-order valence-corrected chi connectivity index (χ2v) is 14.9. The maximum atomic E-state index is 15.7. The van der Waals surface area contributed by atoms with Gasteiger partial charge in [-0.15, -0.1) is 0 Å². The van der Waals surface area contributed by atoms with Crippen molar-refractivity contribution < 1.29 is 9.59 Å². The minimum absolute atomic E-state index is 0.126. The Labute approximate surface area is 376 Å². The van der Waals surface area contributed by atoms with Gasteiger partial charge in [-0.3, -0.25) is 9.59 Å². The van der Waals surface area contributed by atoms with Gasteiger partial charge in [-0.2, -0.15) is 21.0 Å². The normalized spacial score (nSPS) is 10.4. The molecule has 65 heavy (non-hydrogen) atoms. The number of carbonyl (C=O) groups is 2. The van der Waals surface area contributed by atoms with Crippen molar-refractivity contribution in [1.29, 1.82) is 21.0 Å². The van der Waals surface area contributed by atoms with Crippen molar-refractivity contribution in [3.8, 4) is 74.5 Å². The number of hydrogen-bond acceptors (Lipinski definition) is 6. The highest BCUT2D eigenvalue weighted by molar-refractivity contribution is 6.20. The third kappa shape index (κ3) is 7.45. The maximum Gasteiger partial charge on any atom is 0.260 e. The summed E-state index contributed by atoms with van der Waals surface area (Å²) in [7, 11) is 1.72. The molecule has 0 unspecified atom stereocenters. The highest BCUT2D eigenvalue weighted by Crippen LogP contribution is 2.45. The lowest BCUT2D eigenvalue weighted by Crippen LogP contribution is -2.29. The minimum Gasteiger partial charge on any atom is -0.310 e. The zero-order valence-electron chi connectivity index (χ0n) is 35.7. The number of anilines is 1. The van der Waals surface area contributed by atoms with Crippen LogP contribution < -0.4 is 4.90 Å². The highest BCUT2D eigenvalue weighted by atomic mass is 16.2. The van der Waals surface area contributed by atoms with Gasteiger partial charge in [0.1, 0.15) is 0 Å². The molecule has 0 radical (unpaired) electrons. The Bertz CT molecular complexity index is 3320. The first-order valence-electron chi connectivity index (χ1n) is 21.0. The standard InChI is InChI=1S/C55H32N6O2.C2H6/c1-60(52-44(37-12-4-2-5-13-37)17-9-18-45(52)38-14-6-3-7-15-38)55(63)51-39(34-62)16-8-23-50(51)61-53-46(42-26-24-35(30-56)28-40(42)32-58)19-10-21-48(53)49-22-11-20-47(54(49)61)43-27-25-36(31-57)29-41(43)33-59;1-2/h2-29,34H,1H3;1-2H3. The molecule has 1 amide bonds. The van der Waals surface area contributed by atoms with Crippen LogP contribution in [0.4, 0.5) is 5.69 Å². The zero-order valence-corrected chi connectivity index (χ0v) is 35.7. The van der Waals surface area contributed by atoms with Crippen LogP contribution in [0.1, 0.15) is 56.8 Å². The predicted octanol–water partition coefficient (Wildman–Crippen LogP) is 13.1. The second-order valence-electron chi connectivity index (χ2n) is 14.9. The van der Waals surface area contributed by atoms with Crippen LogP contribution in [-0.4, -0.2) is 23.8 Å². The Morgan fingerprint density at radius 3 is 1.40 bits per heavy atom. The number of nitriles is 4. The number of carbonyl (C=O) groups excluding carboxylic acids is 2. The quantitative estimate of drug-likeness (QED) is 0.140. The fraction of sp³-hybridized carbons (Fsp3) is 0.0526. The summed E-state index contributed by atoms with van der Waals surface area (Å²) in [6, 6.07) is 60.9. The summed E-state index contributed by atoms with van der Waals surface area (Å²) in [4.78, 5) is 30.6. The lowest BCUT2D eigenvalue weighted by Gasteiger charge is -2.27. The van der Waals surface area contributed by atoms with Gasteiger partial charge in [-0.25, -0.2) is 0 Å². The van der Waals surface area contributed by atoms with Crippen molar-refractivity contribution in [2.24, 2.45) is 0 Å². The molecule has 8 aromatic carbocycles. The lowest BCUT2D eigenvalue weighted by atomic mass is 9.94.